The molecular formula is C20H10I4O5. The summed E-state index contributed by atoms with van der Waals surface area (Å²) in [5.41, 5.74) is 1.64. The third kappa shape index (κ3) is 3.62. The molecule has 0 saturated heterocycles. The fourth-order valence-corrected chi connectivity index (χ4v) is 7.37. The van der Waals surface area contributed by atoms with Gasteiger partial charge in [0.05, 0.1) is 16.3 Å². The lowest BCUT2D eigenvalue weighted by Crippen LogP contribution is -2.30. The zero-order chi connectivity index (χ0) is 21.0. The number of Topliss-reactive ketones (excluding diaryl/α,β-unsaturated/α-hetero) is 1. The molecule has 2 atom stereocenters. The van der Waals surface area contributed by atoms with E-state index in [0.717, 1.165) is 5.56 Å². The summed E-state index contributed by atoms with van der Waals surface area (Å²) >= 11 is 8.08. The molecule has 2 aromatic carbocycles. The van der Waals surface area contributed by atoms with Crippen LogP contribution in [0.5, 0.6) is 11.5 Å². The van der Waals surface area contributed by atoms with Gasteiger partial charge in [0, 0.05) is 17.4 Å². The second-order valence-corrected chi connectivity index (χ2v) is 10.9. The Kier molecular flexibility index (Phi) is 6.21. The maximum Gasteiger partial charge on any atom is 0.335 e. The van der Waals surface area contributed by atoms with Crippen LogP contribution in [0.25, 0.3) is 0 Å². The Hall–Kier alpha value is -0.420. The number of carboxylic acids is 1. The number of allylic oxidation sites excluding steroid dienone is 3. The second-order valence-electron chi connectivity index (χ2n) is 6.46. The van der Waals surface area contributed by atoms with E-state index < -0.39 is 5.97 Å². The Morgan fingerprint density at radius 3 is 2.45 bits per heavy atom. The Balaban J connectivity index is 2.08. The zero-order valence-corrected chi connectivity index (χ0v) is 22.9. The van der Waals surface area contributed by atoms with Crippen molar-refractivity contribution in [1.29, 1.82) is 0 Å². The van der Waals surface area contributed by atoms with Crippen molar-refractivity contribution in [3.8, 4) is 11.5 Å². The minimum absolute atomic E-state index is 0.108. The molecule has 0 saturated carbocycles. The Morgan fingerprint density at radius 1 is 1.07 bits per heavy atom. The Bertz CT molecular complexity index is 1150. The molecule has 0 radical (unpaired) electrons. The van der Waals surface area contributed by atoms with Crippen molar-refractivity contribution in [2.45, 2.75) is 5.92 Å². The number of carbonyl (C=O) groups excluding carboxylic acids is 1. The fourth-order valence-electron chi connectivity index (χ4n) is 3.60. The summed E-state index contributed by atoms with van der Waals surface area (Å²) in [6.07, 6.45) is 1.85. The van der Waals surface area contributed by atoms with E-state index in [4.69, 9.17) is 4.74 Å². The number of ketones is 1. The van der Waals surface area contributed by atoms with Crippen molar-refractivity contribution >= 4 is 102 Å². The first-order valence-corrected chi connectivity index (χ1v) is 12.6. The molecule has 1 heterocycles. The molecular weight excluding hydrogens is 828 g/mol. The minimum atomic E-state index is -1.01. The molecule has 0 spiro atoms. The molecule has 2 unspecified atom stereocenters. The lowest BCUT2D eigenvalue weighted by molar-refractivity contribution is -0.111. The molecule has 0 fully saturated rings. The number of aromatic hydroxyl groups is 1. The van der Waals surface area contributed by atoms with Gasteiger partial charge in [-0.3, -0.25) is 4.79 Å². The van der Waals surface area contributed by atoms with Gasteiger partial charge < -0.3 is 14.9 Å². The number of hydrogen-bond donors (Lipinski definition) is 2. The number of ether oxygens (including phenoxy) is 1. The number of halogens is 4. The molecule has 4 rings (SSSR count). The fraction of sp³-hybridized carbons (Fsp3) is 0.100. The molecule has 2 aliphatic rings. The number of carbonyl (C=O) groups is 2. The van der Waals surface area contributed by atoms with Crippen molar-refractivity contribution in [2.24, 2.45) is 5.92 Å². The zero-order valence-electron chi connectivity index (χ0n) is 14.2. The van der Waals surface area contributed by atoms with Gasteiger partial charge in [-0.25, -0.2) is 4.79 Å². The maximum absolute atomic E-state index is 12.5. The van der Waals surface area contributed by atoms with Crippen LogP contribution in [0.1, 0.15) is 27.4 Å². The van der Waals surface area contributed by atoms with Gasteiger partial charge in [-0.15, -0.1) is 0 Å². The summed E-state index contributed by atoms with van der Waals surface area (Å²) in [7, 11) is 0. The Morgan fingerprint density at radius 2 is 1.76 bits per heavy atom. The summed E-state index contributed by atoms with van der Waals surface area (Å²) in [6.45, 7) is 0. The summed E-state index contributed by atoms with van der Waals surface area (Å²) < 4.78 is 8.41. The number of fused-ring (bicyclic) bond motifs is 2. The number of benzene rings is 2. The standard InChI is InChI=1S/C20H10I4O5/c21-11-5-9-13(7-3-1-2-4-8(7)20(27)28)10-6-12(22)17(26)15(24)19(10)29-18(9)14(23)16(11)25/h1-6,9,13,26H,(H,27,28). The highest BCUT2D eigenvalue weighted by atomic mass is 127. The van der Waals surface area contributed by atoms with Crippen LogP contribution in [0, 0.1) is 13.1 Å². The third-order valence-corrected chi connectivity index (χ3v) is 8.57. The highest BCUT2D eigenvalue weighted by molar-refractivity contribution is 14.1. The van der Waals surface area contributed by atoms with Crippen molar-refractivity contribution in [3.63, 3.8) is 0 Å². The van der Waals surface area contributed by atoms with Gasteiger partial charge in [0.2, 0.25) is 5.78 Å². The molecule has 5 nitrogen and oxygen atoms in total. The van der Waals surface area contributed by atoms with Crippen LogP contribution in [-0.4, -0.2) is 22.0 Å². The van der Waals surface area contributed by atoms with Crippen LogP contribution in [0.4, 0.5) is 0 Å². The quantitative estimate of drug-likeness (QED) is 0.364. The number of rotatable bonds is 2. The van der Waals surface area contributed by atoms with Crippen molar-refractivity contribution in [1.82, 2.24) is 0 Å². The lowest BCUT2D eigenvalue weighted by atomic mass is 9.74. The average Bonchev–Trinajstić information content (AvgIpc) is 2.69. The summed E-state index contributed by atoms with van der Waals surface area (Å²) in [6, 6.07) is 8.72. The van der Waals surface area contributed by atoms with Crippen LogP contribution >= 0.6 is 90.4 Å². The van der Waals surface area contributed by atoms with Gasteiger partial charge in [0.15, 0.2) is 0 Å². The SMILES string of the molecule is O=C1C(I)=CC2C(=C1I)Oc1c(cc(I)c(O)c1I)C2c1ccccc1C(=O)O. The summed E-state index contributed by atoms with van der Waals surface area (Å²) in [4.78, 5) is 24.5. The second kappa shape index (κ2) is 8.26. The van der Waals surface area contributed by atoms with Gasteiger partial charge in [0.1, 0.15) is 20.8 Å². The lowest BCUT2D eigenvalue weighted by Gasteiger charge is -2.37. The van der Waals surface area contributed by atoms with Gasteiger partial charge in [0.25, 0.3) is 0 Å². The van der Waals surface area contributed by atoms with E-state index in [2.05, 4.69) is 22.6 Å². The smallest absolute Gasteiger partial charge is 0.335 e. The molecule has 0 aromatic heterocycles. The number of hydrogen-bond acceptors (Lipinski definition) is 4. The van der Waals surface area contributed by atoms with Crippen LogP contribution in [0.3, 0.4) is 0 Å². The van der Waals surface area contributed by atoms with Gasteiger partial charge >= 0.3 is 5.97 Å². The summed E-state index contributed by atoms with van der Waals surface area (Å²) in [5.74, 6) is -0.753. The molecule has 2 N–H and O–H groups in total. The van der Waals surface area contributed by atoms with E-state index in [1.165, 1.54) is 0 Å². The van der Waals surface area contributed by atoms with Gasteiger partial charge in [-0.05, 0) is 108 Å². The van der Waals surface area contributed by atoms with Crippen LogP contribution in [0.2, 0.25) is 0 Å². The van der Waals surface area contributed by atoms with E-state index in [0.29, 0.717) is 31.4 Å². The molecule has 0 amide bonds. The molecule has 1 aliphatic carbocycles. The van der Waals surface area contributed by atoms with E-state index >= 15 is 0 Å². The van der Waals surface area contributed by atoms with Gasteiger partial charge in [-0.1, -0.05) is 24.3 Å². The number of aromatic carboxylic acids is 1. The van der Waals surface area contributed by atoms with Gasteiger partial charge in [-0.2, -0.15) is 0 Å². The third-order valence-electron chi connectivity index (χ3n) is 4.87. The Labute approximate surface area is 220 Å². The van der Waals surface area contributed by atoms with Crippen LogP contribution in [-0.2, 0) is 4.79 Å². The van der Waals surface area contributed by atoms with E-state index in [9.17, 15) is 19.8 Å². The molecule has 9 heteroatoms. The topological polar surface area (TPSA) is 83.8 Å². The van der Waals surface area contributed by atoms with Crippen LogP contribution in [0.15, 0.2) is 49.3 Å². The molecule has 29 heavy (non-hydrogen) atoms. The van der Waals surface area contributed by atoms with E-state index in [1.54, 1.807) is 18.2 Å². The summed E-state index contributed by atoms with van der Waals surface area (Å²) in [5, 5.41) is 20.2. The predicted molar refractivity (Wildman–Crippen MR) is 141 cm³/mol. The molecule has 2 aromatic rings. The van der Waals surface area contributed by atoms with E-state index in [-0.39, 0.29) is 28.9 Å². The first kappa shape index (κ1) is 21.8. The first-order valence-electron chi connectivity index (χ1n) is 8.25. The number of phenolic OH excluding ortho intramolecular Hbond substituents is 1. The first-order chi connectivity index (χ1) is 13.7. The van der Waals surface area contributed by atoms with E-state index in [1.807, 2.05) is 86.0 Å². The van der Waals surface area contributed by atoms with Crippen LogP contribution < -0.4 is 4.74 Å². The minimum Gasteiger partial charge on any atom is -0.506 e. The van der Waals surface area contributed by atoms with Crippen molar-refractivity contribution in [2.75, 3.05) is 0 Å². The molecule has 1 aliphatic heterocycles. The predicted octanol–water partition coefficient (Wildman–Crippen LogP) is 5.99. The highest BCUT2D eigenvalue weighted by Crippen LogP contribution is 2.54. The van der Waals surface area contributed by atoms with Crippen molar-refractivity contribution in [3.05, 3.63) is 73.2 Å². The maximum atomic E-state index is 12.5. The van der Waals surface area contributed by atoms with Crippen molar-refractivity contribution < 1.29 is 24.5 Å². The largest absolute Gasteiger partial charge is 0.506 e. The molecule has 0 bridgehead atoms. The average molecular weight is 838 g/mol. The highest BCUT2D eigenvalue weighted by Gasteiger charge is 2.43. The normalized spacial score (nSPS) is 20.6. The number of carboxylic acid groups (broad SMARTS) is 1. The monoisotopic (exact) mass is 838 g/mol. The molecule has 148 valence electrons. The number of phenols is 1.